The van der Waals surface area contributed by atoms with Crippen molar-refractivity contribution in [3.05, 3.63) is 48.5 Å². The number of ether oxygens (including phenoxy) is 20. The monoisotopic (exact) mass is 1600 g/mol. The average Bonchev–Trinajstić information content (AvgIpc) is 0.767. The Bertz CT molecular complexity index is 3400. The molecule has 4 aliphatic heterocycles. The lowest BCUT2D eigenvalue weighted by Gasteiger charge is -2.48. The molecule has 4 aliphatic rings. The SMILES string of the molecule is CC(=O)OC[C@H]1O[C@@H](Sc2ccc(NC(=O)CCCCC(=O)Nc3ccc(S[C@@H]4O[C@H](COC(C)=O)[C@@H](O[C@@H]5O[C@H](COC(C)=O)[C@@H](OC(C)=O)[C@H](OC(C)=O)[C@H]5OC(C)=O)[C@H](OC(C)=O)[C@H]4OC(C)=O)cc3)cc2)[C@H](OC(C)=O)[C@@H](OC(C)=O)[C@@H]1O[C@@H]1O[C@H](COC(C)=O)[C@@H](OC(C)=O)[C@H](OC(C)=O)[C@H]1OC(C)=O. The quantitative estimate of drug-likeness (QED) is 0.0588. The van der Waals surface area contributed by atoms with Gasteiger partial charge in [-0.15, -0.1) is 0 Å². The highest BCUT2D eigenvalue weighted by atomic mass is 32.2. The summed E-state index contributed by atoms with van der Waals surface area (Å²) in [6, 6.07) is 12.5. The molecule has 110 heavy (non-hydrogen) atoms. The van der Waals surface area contributed by atoms with Gasteiger partial charge in [-0.2, -0.15) is 0 Å². The van der Waals surface area contributed by atoms with E-state index in [4.69, 9.17) is 94.7 Å². The van der Waals surface area contributed by atoms with Crippen LogP contribution in [-0.4, -0.2) is 243 Å². The molecule has 4 saturated heterocycles. The van der Waals surface area contributed by atoms with E-state index in [-0.39, 0.29) is 25.7 Å². The Balaban J connectivity index is 1.12. The zero-order valence-corrected chi connectivity index (χ0v) is 64.0. The highest BCUT2D eigenvalue weighted by molar-refractivity contribution is 8.00. The Kier molecular flexibility index (Phi) is 34.6. The summed E-state index contributed by atoms with van der Waals surface area (Å²) in [5, 5.41) is 5.57. The van der Waals surface area contributed by atoms with Crippen LogP contribution in [0.5, 0.6) is 0 Å². The van der Waals surface area contributed by atoms with Crippen LogP contribution in [0.2, 0.25) is 0 Å². The number of anilines is 2. The predicted octanol–water partition coefficient (Wildman–Crippen LogP) is 3.25. The summed E-state index contributed by atoms with van der Waals surface area (Å²) in [7, 11) is 0. The van der Waals surface area contributed by atoms with Crippen molar-refractivity contribution < 1.29 is 171 Å². The van der Waals surface area contributed by atoms with Crippen LogP contribution in [0.25, 0.3) is 0 Å². The molecule has 0 radical (unpaired) electrons. The van der Waals surface area contributed by atoms with Gasteiger partial charge in [0.15, 0.2) is 73.6 Å². The molecule has 6 rings (SSSR count). The van der Waals surface area contributed by atoms with Crippen molar-refractivity contribution in [1.29, 1.82) is 0 Å². The lowest BCUT2D eigenvalue weighted by molar-refractivity contribution is -0.341. The molecule has 0 saturated carbocycles. The van der Waals surface area contributed by atoms with Gasteiger partial charge in [0, 0.05) is 131 Å². The molecule has 2 aromatic rings. The summed E-state index contributed by atoms with van der Waals surface area (Å²) in [5.41, 5.74) is -1.91. The molecule has 0 spiro atoms. The lowest BCUT2D eigenvalue weighted by Crippen LogP contribution is -2.66. The third-order valence-corrected chi connectivity index (χ3v) is 17.9. The first-order valence-corrected chi connectivity index (χ1v) is 35.9. The van der Waals surface area contributed by atoms with Crippen LogP contribution >= 0.6 is 23.5 Å². The minimum atomic E-state index is -1.89. The minimum absolute atomic E-state index is 0.0158. The smallest absolute Gasteiger partial charge is 0.303 e. The second-order valence-electron chi connectivity index (χ2n) is 24.9. The topological polar surface area (TPSA) is 482 Å². The van der Waals surface area contributed by atoms with Crippen LogP contribution in [0.4, 0.5) is 11.4 Å². The zero-order chi connectivity index (χ0) is 81.4. The number of carbonyl (C=O) groups is 16. The summed E-state index contributed by atoms with van der Waals surface area (Å²) in [6.07, 6.45) is -29.1. The van der Waals surface area contributed by atoms with Crippen LogP contribution in [-0.2, 0) is 171 Å². The number of amides is 2. The number of unbranched alkanes of at least 4 members (excludes halogenated alkanes) is 1. The summed E-state index contributed by atoms with van der Waals surface area (Å²) in [5.74, 6) is -13.3. The molecule has 38 nitrogen and oxygen atoms in total. The molecule has 2 N–H and O–H groups in total. The van der Waals surface area contributed by atoms with Crippen LogP contribution in [0, 0.1) is 0 Å². The van der Waals surface area contributed by atoms with Gasteiger partial charge in [-0.1, -0.05) is 23.5 Å². The zero-order valence-electron chi connectivity index (χ0n) is 62.3. The largest absolute Gasteiger partial charge is 0.463 e. The highest BCUT2D eigenvalue weighted by Crippen LogP contribution is 2.43. The Morgan fingerprint density at radius 2 is 0.509 bits per heavy atom. The summed E-state index contributed by atoms with van der Waals surface area (Å²) in [6.45, 7) is 12.1. The fraction of sp³-hybridized carbons (Fsp3) is 0.600. The van der Waals surface area contributed by atoms with E-state index in [2.05, 4.69) is 10.6 Å². The second-order valence-corrected chi connectivity index (χ2v) is 27.3. The van der Waals surface area contributed by atoms with Crippen molar-refractivity contribution in [2.75, 3.05) is 37.1 Å². The van der Waals surface area contributed by atoms with E-state index in [0.29, 0.717) is 21.2 Å². The number of esters is 14. The number of nitrogens with one attached hydrogen (secondary N) is 2. The predicted molar refractivity (Wildman–Crippen MR) is 367 cm³/mol. The molecule has 0 aliphatic carbocycles. The standard InChI is InChI=1S/C70H88N2O36S2/c1-31(73)89-27-49-55(93-35(5)77)59(95-37(7)79)63(99-41(11)83)67(103-49)107-57-51(29-91-33(3)75)105-69(65(101-43(13)85)61(57)97-39(9)81)109-47-23-19-45(20-24-47)71-53(87)17-15-16-18-54(88)72-46-21-25-48(26-22-46)110-70-66(102-44(14)86)62(98-40(10)82)58(52(106-70)30-92-34(4)76)108-68-64(100-42(12)84)60(96-38(8)80)56(94-36(6)78)50(104-68)28-90-32(2)74/h19-26,49-52,55-70H,15-18,27-30H2,1-14H3,(H,71,87)(H,72,88)/t49-,50-,51-,52-,55-,56-,57-,58-,59+,60+,61+,62+,63-,64-,65-,66-,67+,68+,69+,70+/m1/s1. The van der Waals surface area contributed by atoms with Crippen molar-refractivity contribution >= 4 is 130 Å². The first kappa shape index (κ1) is 89.3. The van der Waals surface area contributed by atoms with Crippen LogP contribution in [0.15, 0.2) is 58.3 Å². The number of benzene rings is 2. The van der Waals surface area contributed by atoms with E-state index >= 15 is 0 Å². The molecule has 4 heterocycles. The maximum absolute atomic E-state index is 13.3. The molecule has 0 bridgehead atoms. The van der Waals surface area contributed by atoms with Crippen LogP contribution in [0.3, 0.4) is 0 Å². The third-order valence-electron chi connectivity index (χ3n) is 15.6. The number of hydrogen-bond acceptors (Lipinski definition) is 38. The number of thioether (sulfide) groups is 2. The van der Waals surface area contributed by atoms with Gasteiger partial charge in [0.2, 0.25) is 11.8 Å². The summed E-state index contributed by atoms with van der Waals surface area (Å²) in [4.78, 5) is 203. The van der Waals surface area contributed by atoms with Crippen molar-refractivity contribution in [1.82, 2.24) is 0 Å². The Morgan fingerprint density at radius 1 is 0.282 bits per heavy atom. The number of hydrogen-bond donors (Lipinski definition) is 2. The van der Waals surface area contributed by atoms with Gasteiger partial charge in [-0.05, 0) is 61.4 Å². The highest BCUT2D eigenvalue weighted by Gasteiger charge is 2.60. The number of rotatable bonds is 33. The van der Waals surface area contributed by atoms with Gasteiger partial charge in [-0.25, -0.2) is 0 Å². The van der Waals surface area contributed by atoms with E-state index in [1.165, 1.54) is 0 Å². The molecule has 4 fully saturated rings. The second kappa shape index (κ2) is 42.6. The fourth-order valence-electron chi connectivity index (χ4n) is 11.7. The Labute approximate surface area is 638 Å². The van der Waals surface area contributed by atoms with Crippen LogP contribution < -0.4 is 10.6 Å². The van der Waals surface area contributed by atoms with Crippen molar-refractivity contribution in [2.45, 2.75) is 254 Å². The molecule has 40 heteroatoms. The minimum Gasteiger partial charge on any atom is -0.463 e. The maximum atomic E-state index is 13.3. The summed E-state index contributed by atoms with van der Waals surface area (Å²) < 4.78 is 116. The molecule has 2 amide bonds. The van der Waals surface area contributed by atoms with E-state index in [1.807, 2.05) is 0 Å². The van der Waals surface area contributed by atoms with Crippen LogP contribution in [0.1, 0.15) is 123 Å². The van der Waals surface area contributed by atoms with E-state index in [9.17, 15) is 76.7 Å². The Hall–Kier alpha value is -9.58. The van der Waals surface area contributed by atoms with E-state index < -0.39 is 243 Å². The normalized spacial score (nSPS) is 27.5. The van der Waals surface area contributed by atoms with Gasteiger partial charge in [0.05, 0.1) is 0 Å². The average molecular weight is 1600 g/mol. The van der Waals surface area contributed by atoms with Gasteiger partial charge in [0.1, 0.15) is 73.9 Å². The van der Waals surface area contributed by atoms with Gasteiger partial charge in [-0.3, -0.25) is 76.7 Å². The lowest BCUT2D eigenvalue weighted by atomic mass is 9.96. The van der Waals surface area contributed by atoms with E-state index in [1.54, 1.807) is 48.5 Å². The van der Waals surface area contributed by atoms with Crippen molar-refractivity contribution in [3.63, 3.8) is 0 Å². The van der Waals surface area contributed by atoms with Crippen molar-refractivity contribution in [3.8, 4) is 0 Å². The Morgan fingerprint density at radius 3 is 0.764 bits per heavy atom. The molecule has 606 valence electrons. The van der Waals surface area contributed by atoms with Gasteiger partial charge < -0.3 is 105 Å². The molecule has 2 aromatic carbocycles. The number of carbonyl (C=O) groups excluding carboxylic acids is 16. The summed E-state index contributed by atoms with van der Waals surface area (Å²) >= 11 is 1.90. The molecular formula is C70H88N2O36S2. The van der Waals surface area contributed by atoms with Crippen molar-refractivity contribution in [2.24, 2.45) is 0 Å². The molecule has 0 unspecified atom stereocenters. The molecule has 20 atom stereocenters. The van der Waals surface area contributed by atoms with Gasteiger partial charge >= 0.3 is 83.6 Å². The molecular weight excluding hydrogens is 1510 g/mol. The van der Waals surface area contributed by atoms with E-state index in [0.717, 1.165) is 120 Å². The molecule has 0 aromatic heterocycles. The van der Waals surface area contributed by atoms with Gasteiger partial charge in [0.25, 0.3) is 0 Å². The fourth-order valence-corrected chi connectivity index (χ4v) is 13.9. The maximum Gasteiger partial charge on any atom is 0.303 e. The first-order chi connectivity index (χ1) is 51.8. The third kappa shape index (κ3) is 28.4. The first-order valence-electron chi connectivity index (χ1n) is 34.2.